The molecule has 92 valence electrons. The number of ether oxygens (including phenoxy) is 1. The van der Waals surface area contributed by atoms with E-state index in [0.29, 0.717) is 18.2 Å². The summed E-state index contributed by atoms with van der Waals surface area (Å²) >= 11 is 0. The second-order valence-corrected chi connectivity index (χ2v) is 4.47. The lowest BCUT2D eigenvalue weighted by atomic mass is 10.1. The molecule has 0 radical (unpaired) electrons. The van der Waals surface area contributed by atoms with Gasteiger partial charge in [-0.3, -0.25) is 0 Å². The minimum Gasteiger partial charge on any atom is -0.486 e. The third-order valence-corrected chi connectivity index (χ3v) is 3.16. The first-order valence-corrected chi connectivity index (χ1v) is 6.13. The zero-order valence-corrected chi connectivity index (χ0v) is 10.1. The van der Waals surface area contributed by atoms with Gasteiger partial charge < -0.3 is 10.5 Å². The zero-order chi connectivity index (χ0) is 12.4. The van der Waals surface area contributed by atoms with Gasteiger partial charge in [-0.15, -0.1) is 0 Å². The lowest BCUT2D eigenvalue weighted by Gasteiger charge is -2.07. The summed E-state index contributed by atoms with van der Waals surface area (Å²) in [5.74, 6) is 1.95. The Balaban J connectivity index is 1.70. The first-order chi connectivity index (χ1) is 8.81. The number of anilines is 1. The van der Waals surface area contributed by atoms with E-state index in [4.69, 9.17) is 10.5 Å². The molecular weight excluding hydrogens is 226 g/mol. The number of aryl methyl sites for hydroxylation is 2. The molecule has 0 aliphatic heterocycles. The normalized spacial score (nSPS) is 13.3. The van der Waals surface area contributed by atoms with Crippen LogP contribution in [0.2, 0.25) is 0 Å². The van der Waals surface area contributed by atoms with Gasteiger partial charge in [0.15, 0.2) is 5.82 Å². The van der Waals surface area contributed by atoms with Crippen molar-refractivity contribution in [1.82, 2.24) is 9.97 Å². The molecule has 0 saturated heterocycles. The van der Waals surface area contributed by atoms with Crippen molar-refractivity contribution in [3.8, 4) is 5.75 Å². The molecule has 0 unspecified atom stereocenters. The minimum absolute atomic E-state index is 0.351. The van der Waals surface area contributed by atoms with Crippen LogP contribution in [0.4, 0.5) is 5.82 Å². The fourth-order valence-corrected chi connectivity index (χ4v) is 2.27. The van der Waals surface area contributed by atoms with Gasteiger partial charge in [-0.05, 0) is 48.6 Å². The number of benzene rings is 1. The Morgan fingerprint density at radius 1 is 1.17 bits per heavy atom. The van der Waals surface area contributed by atoms with E-state index in [9.17, 15) is 0 Å². The quantitative estimate of drug-likeness (QED) is 0.894. The van der Waals surface area contributed by atoms with Crippen molar-refractivity contribution in [2.45, 2.75) is 25.9 Å². The smallest absolute Gasteiger partial charge is 0.168 e. The van der Waals surface area contributed by atoms with Gasteiger partial charge in [-0.1, -0.05) is 6.07 Å². The summed E-state index contributed by atoms with van der Waals surface area (Å²) in [6.45, 7) is 0.351. The van der Waals surface area contributed by atoms with Crippen molar-refractivity contribution in [1.29, 1.82) is 0 Å². The Labute approximate surface area is 106 Å². The zero-order valence-electron chi connectivity index (χ0n) is 10.1. The predicted molar refractivity (Wildman–Crippen MR) is 69.2 cm³/mol. The average molecular weight is 241 g/mol. The van der Waals surface area contributed by atoms with E-state index in [-0.39, 0.29) is 0 Å². The summed E-state index contributed by atoms with van der Waals surface area (Å²) in [4.78, 5) is 8.21. The molecule has 4 nitrogen and oxygen atoms in total. The van der Waals surface area contributed by atoms with Crippen LogP contribution in [0.25, 0.3) is 0 Å². The maximum Gasteiger partial charge on any atom is 0.168 e. The molecular formula is C14H15N3O. The Morgan fingerprint density at radius 3 is 2.94 bits per heavy atom. The number of nitrogen functional groups attached to an aromatic ring is 1. The summed E-state index contributed by atoms with van der Waals surface area (Å²) in [6, 6.07) is 7.95. The van der Waals surface area contributed by atoms with E-state index in [1.807, 2.05) is 6.07 Å². The standard InChI is InChI=1S/C14H15N3O/c15-13-6-7-16-14(17-13)9-18-12-5-4-10-2-1-3-11(10)8-12/h4-8H,1-3,9H2,(H2,15,16,17). The van der Waals surface area contributed by atoms with Gasteiger partial charge in [0.25, 0.3) is 0 Å². The van der Waals surface area contributed by atoms with Crippen molar-refractivity contribution >= 4 is 5.82 Å². The maximum absolute atomic E-state index is 5.69. The monoisotopic (exact) mass is 241 g/mol. The van der Waals surface area contributed by atoms with Gasteiger partial charge in [0.2, 0.25) is 0 Å². The SMILES string of the molecule is Nc1ccnc(COc2ccc3c(c2)CCC3)n1. The van der Waals surface area contributed by atoms with Crippen molar-refractivity contribution in [2.24, 2.45) is 0 Å². The van der Waals surface area contributed by atoms with Crippen molar-refractivity contribution in [3.63, 3.8) is 0 Å². The first-order valence-electron chi connectivity index (χ1n) is 6.13. The number of fused-ring (bicyclic) bond motifs is 1. The van der Waals surface area contributed by atoms with E-state index in [1.165, 1.54) is 24.0 Å². The Kier molecular flexibility index (Phi) is 2.84. The third kappa shape index (κ3) is 2.27. The van der Waals surface area contributed by atoms with E-state index in [1.54, 1.807) is 12.3 Å². The number of aromatic nitrogens is 2. The highest BCUT2D eigenvalue weighted by atomic mass is 16.5. The van der Waals surface area contributed by atoms with Gasteiger partial charge in [-0.25, -0.2) is 9.97 Å². The molecule has 0 atom stereocenters. The van der Waals surface area contributed by atoms with Crippen LogP contribution in [-0.4, -0.2) is 9.97 Å². The number of nitrogens with two attached hydrogens (primary N) is 1. The summed E-state index contributed by atoms with van der Waals surface area (Å²) < 4.78 is 5.69. The minimum atomic E-state index is 0.351. The molecule has 18 heavy (non-hydrogen) atoms. The molecule has 4 heteroatoms. The highest BCUT2D eigenvalue weighted by Crippen LogP contribution is 2.26. The van der Waals surface area contributed by atoms with E-state index in [0.717, 1.165) is 12.2 Å². The molecule has 1 heterocycles. The molecule has 2 N–H and O–H groups in total. The lowest BCUT2D eigenvalue weighted by molar-refractivity contribution is 0.296. The number of nitrogens with zero attached hydrogens (tertiary/aromatic N) is 2. The molecule has 3 rings (SSSR count). The largest absolute Gasteiger partial charge is 0.486 e. The fourth-order valence-electron chi connectivity index (χ4n) is 2.27. The van der Waals surface area contributed by atoms with Gasteiger partial charge in [0.1, 0.15) is 18.2 Å². The van der Waals surface area contributed by atoms with Crippen LogP contribution in [0.3, 0.4) is 0 Å². The lowest BCUT2D eigenvalue weighted by Crippen LogP contribution is -2.03. The van der Waals surface area contributed by atoms with E-state index < -0.39 is 0 Å². The Morgan fingerprint density at radius 2 is 2.06 bits per heavy atom. The summed E-state index contributed by atoms with van der Waals surface area (Å²) in [6.07, 6.45) is 5.23. The molecule has 0 spiro atoms. The molecule has 2 aromatic rings. The summed E-state index contributed by atoms with van der Waals surface area (Å²) in [5.41, 5.74) is 8.45. The second-order valence-electron chi connectivity index (χ2n) is 4.47. The molecule has 1 aliphatic rings. The highest BCUT2D eigenvalue weighted by Gasteiger charge is 2.11. The van der Waals surface area contributed by atoms with Crippen LogP contribution in [0.15, 0.2) is 30.5 Å². The molecule has 1 aliphatic carbocycles. The molecule has 1 aromatic carbocycles. The van der Waals surface area contributed by atoms with Crippen LogP contribution >= 0.6 is 0 Å². The van der Waals surface area contributed by atoms with Gasteiger partial charge in [0, 0.05) is 6.20 Å². The van der Waals surface area contributed by atoms with Gasteiger partial charge >= 0.3 is 0 Å². The Bertz CT molecular complexity index is 569. The molecule has 0 amide bonds. The molecule has 0 bridgehead atoms. The number of rotatable bonds is 3. The highest BCUT2D eigenvalue weighted by molar-refractivity contribution is 5.38. The topological polar surface area (TPSA) is 61.0 Å². The second kappa shape index (κ2) is 4.64. The molecule has 1 aromatic heterocycles. The number of hydrogen-bond donors (Lipinski definition) is 1. The summed E-state index contributed by atoms with van der Waals surface area (Å²) in [7, 11) is 0. The van der Waals surface area contributed by atoms with Crippen molar-refractivity contribution in [2.75, 3.05) is 5.73 Å². The van der Waals surface area contributed by atoms with Crippen LogP contribution in [0.5, 0.6) is 5.75 Å². The van der Waals surface area contributed by atoms with Crippen molar-refractivity contribution < 1.29 is 4.74 Å². The predicted octanol–water partition coefficient (Wildman–Crippen LogP) is 2.13. The maximum atomic E-state index is 5.69. The van der Waals surface area contributed by atoms with Gasteiger partial charge in [0.05, 0.1) is 0 Å². The first kappa shape index (κ1) is 11.0. The van der Waals surface area contributed by atoms with Crippen molar-refractivity contribution in [3.05, 3.63) is 47.4 Å². The Hall–Kier alpha value is -2.10. The van der Waals surface area contributed by atoms with Crippen LogP contribution in [-0.2, 0) is 19.4 Å². The number of hydrogen-bond acceptors (Lipinski definition) is 4. The average Bonchev–Trinajstić information content (AvgIpc) is 2.84. The molecule has 0 fully saturated rings. The van der Waals surface area contributed by atoms with E-state index in [2.05, 4.69) is 22.1 Å². The molecule has 0 saturated carbocycles. The van der Waals surface area contributed by atoms with E-state index >= 15 is 0 Å². The summed E-state index contributed by atoms with van der Waals surface area (Å²) in [5, 5.41) is 0. The third-order valence-electron chi connectivity index (χ3n) is 3.16. The van der Waals surface area contributed by atoms with Crippen LogP contribution < -0.4 is 10.5 Å². The van der Waals surface area contributed by atoms with Gasteiger partial charge in [-0.2, -0.15) is 0 Å². The fraction of sp³-hybridized carbons (Fsp3) is 0.286. The van der Waals surface area contributed by atoms with Crippen LogP contribution in [0.1, 0.15) is 23.4 Å². The van der Waals surface area contributed by atoms with Crippen LogP contribution in [0, 0.1) is 0 Å².